The third-order valence-corrected chi connectivity index (χ3v) is 7.21. The van der Waals surface area contributed by atoms with E-state index in [1.54, 1.807) is 0 Å². The molecular weight excluding hydrogens is 497 g/mol. The zero-order chi connectivity index (χ0) is 24.5. The molecule has 10 nitrogen and oxygen atoms in total. The lowest BCUT2D eigenvalue weighted by Crippen LogP contribution is -2.39. The summed E-state index contributed by atoms with van der Waals surface area (Å²) in [4.78, 5) is 4.15. The van der Waals surface area contributed by atoms with Crippen LogP contribution in [0.1, 0.15) is 18.0 Å². The van der Waals surface area contributed by atoms with Gasteiger partial charge in [-0.1, -0.05) is 0 Å². The molecule has 0 aliphatic carbocycles. The first-order valence-electron chi connectivity index (χ1n) is 9.34. The Bertz CT molecular complexity index is 1430. The number of alkyl halides is 2. The lowest BCUT2D eigenvalue weighted by Gasteiger charge is -2.29. The quantitative estimate of drug-likeness (QED) is 0.509. The Hall–Kier alpha value is -3.72. The fourth-order valence-corrected chi connectivity index (χ4v) is 5.02. The van der Waals surface area contributed by atoms with Crippen molar-refractivity contribution in [1.82, 2.24) is 19.5 Å². The van der Waals surface area contributed by atoms with Gasteiger partial charge in [0.15, 0.2) is 0 Å². The highest BCUT2D eigenvalue weighted by Crippen LogP contribution is 2.27. The van der Waals surface area contributed by atoms with Gasteiger partial charge in [-0.3, -0.25) is 4.98 Å². The highest BCUT2D eigenvalue weighted by molar-refractivity contribution is 7.98. The normalized spacial score (nSPS) is 15.1. The minimum Gasteiger partial charge on any atom is -0.415 e. The number of benzene rings is 1. The Balaban J connectivity index is 1.65. The molecule has 1 aromatic carbocycles. The van der Waals surface area contributed by atoms with Crippen molar-refractivity contribution in [1.29, 1.82) is 4.78 Å². The summed E-state index contributed by atoms with van der Waals surface area (Å²) in [5, 5.41) is 8.65. The molecule has 0 spiro atoms. The van der Waals surface area contributed by atoms with Gasteiger partial charge >= 0.3 is 16.6 Å². The largest absolute Gasteiger partial charge is 0.415 e. The molecule has 0 saturated heterocycles. The summed E-state index contributed by atoms with van der Waals surface area (Å²) in [6.07, 6.45) is 0.315. The average Bonchev–Trinajstić information content (AvgIpc) is 3.29. The Morgan fingerprint density at radius 2 is 1.76 bits per heavy atom. The van der Waals surface area contributed by atoms with E-state index in [4.69, 9.17) is 9.20 Å². The summed E-state index contributed by atoms with van der Waals surface area (Å²) in [5.41, 5.74) is 0.607. The number of pyridine rings is 1. The van der Waals surface area contributed by atoms with E-state index in [9.17, 15) is 25.8 Å². The maximum atomic E-state index is 13.4. The first-order valence-corrected chi connectivity index (χ1v) is 12.4. The molecule has 1 aliphatic heterocycles. The molecule has 0 atom stereocenters. The van der Waals surface area contributed by atoms with Crippen LogP contribution in [0.2, 0.25) is 0 Å². The van der Waals surface area contributed by atoms with E-state index in [1.807, 2.05) is 0 Å². The molecule has 1 aliphatic rings. The van der Waals surface area contributed by atoms with Crippen LogP contribution >= 0.6 is 0 Å². The van der Waals surface area contributed by atoms with Crippen LogP contribution in [-0.2, 0) is 26.5 Å². The van der Waals surface area contributed by atoms with Crippen LogP contribution in [0.5, 0.6) is 0 Å². The monoisotopic (exact) mass is 512 g/mol. The summed E-state index contributed by atoms with van der Waals surface area (Å²) in [5.74, 6) is -1.59. The van der Waals surface area contributed by atoms with Crippen molar-refractivity contribution < 1.29 is 30.2 Å². The van der Waals surface area contributed by atoms with Crippen LogP contribution in [0, 0.1) is 10.6 Å². The van der Waals surface area contributed by atoms with Crippen LogP contribution in [0.4, 0.5) is 18.9 Å². The SMILES string of the molecule is N=S1(=O)C=CN(S(=O)(=O)N(Cc2ccc(-c3nnc(C(F)F)o3)cn2)c2ccc(F)cc2)C=C1. The molecule has 0 saturated carbocycles. The molecule has 15 heteroatoms. The molecule has 0 radical (unpaired) electrons. The van der Waals surface area contributed by atoms with Gasteiger partial charge in [0.2, 0.25) is 5.89 Å². The second kappa shape index (κ2) is 8.90. The molecule has 0 fully saturated rings. The number of anilines is 1. The second-order valence-electron chi connectivity index (χ2n) is 6.82. The molecule has 2 aromatic heterocycles. The minimum absolute atomic E-state index is 0.115. The van der Waals surface area contributed by atoms with E-state index in [1.165, 1.54) is 30.5 Å². The number of hydrogen-bond acceptors (Lipinski definition) is 8. The van der Waals surface area contributed by atoms with Crippen LogP contribution in [0.25, 0.3) is 11.5 Å². The van der Waals surface area contributed by atoms with E-state index in [2.05, 4.69) is 15.2 Å². The summed E-state index contributed by atoms with van der Waals surface area (Å²) in [6.45, 7) is -0.297. The van der Waals surface area contributed by atoms with Gasteiger partial charge in [0.25, 0.3) is 5.89 Å². The topological polar surface area (TPSA) is 133 Å². The summed E-state index contributed by atoms with van der Waals surface area (Å²) >= 11 is 0. The van der Waals surface area contributed by atoms with E-state index in [-0.39, 0.29) is 29.4 Å². The summed E-state index contributed by atoms with van der Waals surface area (Å²) < 4.78 is 91.3. The lowest BCUT2D eigenvalue weighted by molar-refractivity contribution is 0.116. The molecule has 0 amide bonds. The molecule has 0 unspecified atom stereocenters. The van der Waals surface area contributed by atoms with Crippen molar-refractivity contribution in [3.63, 3.8) is 0 Å². The highest BCUT2D eigenvalue weighted by Gasteiger charge is 2.29. The predicted molar refractivity (Wildman–Crippen MR) is 115 cm³/mol. The van der Waals surface area contributed by atoms with Gasteiger partial charge in [0.1, 0.15) is 5.82 Å². The van der Waals surface area contributed by atoms with E-state index in [0.29, 0.717) is 0 Å². The third-order valence-electron chi connectivity index (χ3n) is 4.48. The number of nitrogens with one attached hydrogen (secondary N) is 1. The van der Waals surface area contributed by atoms with Crippen molar-refractivity contribution in [3.05, 3.63) is 83.2 Å². The fourth-order valence-electron chi connectivity index (χ4n) is 2.81. The molecule has 3 heterocycles. The standard InChI is InChI=1S/C19H15F3N6O4S2/c20-14-2-5-16(6-3-14)28(34(30,31)27-7-9-33(23,29)10-8-27)12-15-4-1-13(11-24-15)18-25-26-19(32-18)17(21)22/h1-11,17,23H,12H2. The number of halogens is 3. The smallest absolute Gasteiger partial charge is 0.330 e. The van der Waals surface area contributed by atoms with Gasteiger partial charge in [-0.05, 0) is 36.4 Å². The maximum absolute atomic E-state index is 13.4. The minimum atomic E-state index is -4.31. The Morgan fingerprint density at radius 3 is 2.32 bits per heavy atom. The van der Waals surface area contributed by atoms with Crippen LogP contribution in [0.15, 0.2) is 70.2 Å². The average molecular weight is 512 g/mol. The molecule has 34 heavy (non-hydrogen) atoms. The van der Waals surface area contributed by atoms with Gasteiger partial charge in [0.05, 0.1) is 33.2 Å². The van der Waals surface area contributed by atoms with Crippen LogP contribution in [0.3, 0.4) is 0 Å². The molecule has 178 valence electrons. The Kier molecular flexibility index (Phi) is 6.14. The number of nitrogens with zero attached hydrogens (tertiary/aromatic N) is 5. The number of hydrogen-bond donors (Lipinski definition) is 1. The predicted octanol–water partition coefficient (Wildman–Crippen LogP) is 3.76. The fraction of sp³-hybridized carbons (Fsp3) is 0.105. The van der Waals surface area contributed by atoms with Gasteiger partial charge in [-0.25, -0.2) is 22.0 Å². The van der Waals surface area contributed by atoms with Crippen molar-refractivity contribution >= 4 is 25.6 Å². The van der Waals surface area contributed by atoms with E-state index in [0.717, 1.165) is 44.0 Å². The van der Waals surface area contributed by atoms with Crippen molar-refractivity contribution in [2.45, 2.75) is 13.0 Å². The lowest BCUT2D eigenvalue weighted by atomic mass is 10.2. The van der Waals surface area contributed by atoms with E-state index >= 15 is 0 Å². The number of rotatable bonds is 7. The van der Waals surface area contributed by atoms with Gasteiger partial charge in [-0.15, -0.1) is 10.2 Å². The van der Waals surface area contributed by atoms with Crippen LogP contribution < -0.4 is 4.31 Å². The molecule has 4 rings (SSSR count). The van der Waals surface area contributed by atoms with E-state index < -0.39 is 38.1 Å². The summed E-state index contributed by atoms with van der Waals surface area (Å²) in [6, 6.07) is 7.57. The van der Waals surface area contributed by atoms with Crippen molar-refractivity contribution in [2.24, 2.45) is 0 Å². The molecule has 0 bridgehead atoms. The first-order chi connectivity index (χ1) is 16.0. The molecule has 1 N–H and O–H groups in total. The highest BCUT2D eigenvalue weighted by atomic mass is 32.2. The Labute approximate surface area is 192 Å². The maximum Gasteiger partial charge on any atom is 0.330 e. The van der Waals surface area contributed by atoms with Crippen molar-refractivity contribution in [2.75, 3.05) is 4.31 Å². The zero-order valence-corrected chi connectivity index (χ0v) is 18.6. The van der Waals surface area contributed by atoms with Crippen LogP contribution in [-0.4, -0.2) is 32.1 Å². The first kappa shape index (κ1) is 23.4. The van der Waals surface area contributed by atoms with Gasteiger partial charge in [0, 0.05) is 29.4 Å². The third kappa shape index (κ3) is 4.94. The van der Waals surface area contributed by atoms with Gasteiger partial charge < -0.3 is 4.42 Å². The Morgan fingerprint density at radius 1 is 1.09 bits per heavy atom. The number of aromatic nitrogens is 3. The summed E-state index contributed by atoms with van der Waals surface area (Å²) in [7, 11) is -7.49. The second-order valence-corrected chi connectivity index (χ2v) is 10.4. The zero-order valence-electron chi connectivity index (χ0n) is 17.0. The van der Waals surface area contributed by atoms with Crippen molar-refractivity contribution in [3.8, 4) is 11.5 Å². The van der Waals surface area contributed by atoms with Gasteiger partial charge in [-0.2, -0.15) is 17.2 Å². The molecule has 3 aromatic rings. The molecular formula is C19H15F3N6O4S2.